The Labute approximate surface area is 99.5 Å². The maximum absolute atomic E-state index is 11.5. The molecule has 1 saturated heterocycles. The topological polar surface area (TPSA) is 73.3 Å². The summed E-state index contributed by atoms with van der Waals surface area (Å²) < 4.78 is 0. The van der Waals surface area contributed by atoms with Crippen LogP contribution >= 0.6 is 11.8 Å². The molecule has 0 spiro atoms. The van der Waals surface area contributed by atoms with E-state index < -0.39 is 0 Å². The predicted molar refractivity (Wildman–Crippen MR) is 64.7 cm³/mol. The summed E-state index contributed by atoms with van der Waals surface area (Å²) >= 11 is 1.46. The normalized spacial score (nSPS) is 20.4. The van der Waals surface area contributed by atoms with Crippen molar-refractivity contribution in [2.24, 2.45) is 0 Å². The number of amidine groups is 1. The lowest BCUT2D eigenvalue weighted by atomic mass is 10.3. The minimum Gasteiger partial charge on any atom is -0.374 e. The zero-order chi connectivity index (χ0) is 12.1. The second-order valence-corrected chi connectivity index (χ2v) is 4.92. The molecule has 0 bridgehead atoms. The molecule has 5 nitrogen and oxygen atoms in total. The molecule has 1 rings (SSSR count). The lowest BCUT2D eigenvalue weighted by Crippen LogP contribution is -2.27. The van der Waals surface area contributed by atoms with Crippen LogP contribution in [-0.4, -0.2) is 47.1 Å². The van der Waals surface area contributed by atoms with Crippen molar-refractivity contribution in [3.63, 3.8) is 0 Å². The molecule has 1 atom stereocenters. The van der Waals surface area contributed by atoms with Crippen molar-refractivity contribution in [3.05, 3.63) is 0 Å². The van der Waals surface area contributed by atoms with E-state index in [1.807, 2.05) is 6.92 Å². The Hall–Kier alpha value is -1.04. The van der Waals surface area contributed by atoms with Crippen LogP contribution in [0.2, 0.25) is 0 Å². The molecule has 1 aliphatic rings. The third-order valence-corrected chi connectivity index (χ3v) is 3.61. The summed E-state index contributed by atoms with van der Waals surface area (Å²) in [7, 11) is 1.52. The zero-order valence-corrected chi connectivity index (χ0v) is 10.4. The van der Waals surface area contributed by atoms with Crippen molar-refractivity contribution in [1.82, 2.24) is 10.2 Å². The van der Waals surface area contributed by atoms with Gasteiger partial charge in [-0.1, -0.05) is 0 Å². The summed E-state index contributed by atoms with van der Waals surface area (Å²) in [6.07, 6.45) is 0.911. The zero-order valence-electron chi connectivity index (χ0n) is 9.58. The first-order valence-electron chi connectivity index (χ1n) is 5.29. The molecule has 6 heteroatoms. The number of imide groups is 1. The molecule has 0 aromatic rings. The molecule has 1 heterocycles. The molecule has 0 aliphatic carbocycles. The van der Waals surface area contributed by atoms with E-state index in [0.717, 1.165) is 6.54 Å². The van der Waals surface area contributed by atoms with Crippen LogP contribution in [0.25, 0.3) is 0 Å². The van der Waals surface area contributed by atoms with Gasteiger partial charge < -0.3 is 5.32 Å². The maximum atomic E-state index is 11.5. The van der Waals surface area contributed by atoms with Gasteiger partial charge in [-0.15, -0.1) is 11.8 Å². The van der Waals surface area contributed by atoms with Crippen molar-refractivity contribution in [2.45, 2.75) is 25.0 Å². The number of likely N-dealkylation sites (tertiary alicyclic amines) is 1. The first kappa shape index (κ1) is 13.0. The highest BCUT2D eigenvalue weighted by molar-refractivity contribution is 8.00. The molecule has 1 fully saturated rings. The fraction of sp³-hybridized carbons (Fsp3) is 0.700. The van der Waals surface area contributed by atoms with Crippen LogP contribution in [0.15, 0.2) is 0 Å². The van der Waals surface area contributed by atoms with Gasteiger partial charge in [0.1, 0.15) is 0 Å². The Kier molecular flexibility index (Phi) is 4.79. The fourth-order valence-corrected chi connectivity index (χ4v) is 2.62. The number of rotatable bonds is 5. The van der Waals surface area contributed by atoms with E-state index in [1.165, 1.54) is 23.7 Å². The van der Waals surface area contributed by atoms with Gasteiger partial charge >= 0.3 is 0 Å². The summed E-state index contributed by atoms with van der Waals surface area (Å²) in [4.78, 5) is 24.0. The monoisotopic (exact) mass is 243 g/mol. The van der Waals surface area contributed by atoms with Crippen LogP contribution < -0.4 is 5.32 Å². The molecular weight excluding hydrogens is 226 g/mol. The third-order valence-electron chi connectivity index (χ3n) is 2.40. The molecule has 0 saturated carbocycles. The van der Waals surface area contributed by atoms with E-state index >= 15 is 0 Å². The molecule has 0 radical (unpaired) electrons. The molecule has 0 aromatic heterocycles. The van der Waals surface area contributed by atoms with Gasteiger partial charge in [0.25, 0.3) is 0 Å². The number of hydrogen-bond acceptors (Lipinski definition) is 4. The van der Waals surface area contributed by atoms with Gasteiger partial charge in [0.2, 0.25) is 11.8 Å². The van der Waals surface area contributed by atoms with Gasteiger partial charge in [-0.2, -0.15) is 0 Å². The molecule has 2 N–H and O–H groups in total. The molecule has 16 heavy (non-hydrogen) atoms. The second-order valence-electron chi connectivity index (χ2n) is 3.61. The Bertz CT molecular complexity index is 306. The summed E-state index contributed by atoms with van der Waals surface area (Å²) in [5, 5.41) is 10.2. The Morgan fingerprint density at radius 1 is 1.62 bits per heavy atom. The third kappa shape index (κ3) is 3.23. The van der Waals surface area contributed by atoms with E-state index in [0.29, 0.717) is 24.4 Å². The Balaban J connectivity index is 2.26. The summed E-state index contributed by atoms with van der Waals surface area (Å²) in [6, 6.07) is 0. The SMILES string of the molecule is CCNC(=N)CCSC1CC(=O)N(C)C1=O. The number of amides is 2. The minimum absolute atomic E-state index is 0.106. The van der Waals surface area contributed by atoms with Crippen molar-refractivity contribution in [2.75, 3.05) is 19.3 Å². The first-order chi connectivity index (χ1) is 7.56. The predicted octanol–water partition coefficient (Wildman–Crippen LogP) is 0.454. The van der Waals surface area contributed by atoms with E-state index in [2.05, 4.69) is 5.32 Å². The lowest BCUT2D eigenvalue weighted by Gasteiger charge is -2.09. The number of hydrogen-bond donors (Lipinski definition) is 2. The van der Waals surface area contributed by atoms with Crippen molar-refractivity contribution in [3.8, 4) is 0 Å². The summed E-state index contributed by atoms with van der Waals surface area (Å²) in [5.41, 5.74) is 0. The largest absolute Gasteiger partial charge is 0.374 e. The van der Waals surface area contributed by atoms with Crippen LogP contribution in [-0.2, 0) is 9.59 Å². The number of thioether (sulfide) groups is 1. The highest BCUT2D eigenvalue weighted by Gasteiger charge is 2.35. The van der Waals surface area contributed by atoms with Gasteiger partial charge in [-0.3, -0.25) is 19.9 Å². The summed E-state index contributed by atoms with van der Waals surface area (Å²) in [6.45, 7) is 2.68. The molecule has 1 unspecified atom stereocenters. The average Bonchev–Trinajstić information content (AvgIpc) is 2.47. The lowest BCUT2D eigenvalue weighted by molar-refractivity contribution is -0.136. The van der Waals surface area contributed by atoms with Gasteiger partial charge in [0.15, 0.2) is 0 Å². The first-order valence-corrected chi connectivity index (χ1v) is 6.34. The van der Waals surface area contributed by atoms with Crippen LogP contribution in [0.3, 0.4) is 0 Å². The van der Waals surface area contributed by atoms with Crippen LogP contribution in [0, 0.1) is 5.41 Å². The van der Waals surface area contributed by atoms with Crippen LogP contribution in [0.5, 0.6) is 0 Å². The van der Waals surface area contributed by atoms with Gasteiger partial charge in [-0.25, -0.2) is 0 Å². The van der Waals surface area contributed by atoms with E-state index in [9.17, 15) is 9.59 Å². The molecular formula is C10H17N3O2S. The highest BCUT2D eigenvalue weighted by Crippen LogP contribution is 2.24. The minimum atomic E-state index is -0.244. The average molecular weight is 243 g/mol. The van der Waals surface area contributed by atoms with Crippen LogP contribution in [0.1, 0.15) is 19.8 Å². The van der Waals surface area contributed by atoms with Crippen molar-refractivity contribution >= 4 is 29.4 Å². The standard InChI is InChI=1S/C10H17N3O2S/c1-3-12-8(11)4-5-16-7-6-9(14)13(2)10(7)15/h7H,3-6H2,1-2H3,(H2,11,12). The molecule has 1 aliphatic heterocycles. The second kappa shape index (κ2) is 5.89. The van der Waals surface area contributed by atoms with Gasteiger partial charge in [-0.05, 0) is 6.92 Å². The molecule has 0 aromatic carbocycles. The van der Waals surface area contributed by atoms with E-state index in [4.69, 9.17) is 5.41 Å². The highest BCUT2D eigenvalue weighted by atomic mass is 32.2. The maximum Gasteiger partial charge on any atom is 0.242 e. The number of carbonyl (C=O) groups is 2. The number of carbonyl (C=O) groups excluding carboxylic acids is 2. The molecule has 90 valence electrons. The Morgan fingerprint density at radius 2 is 2.31 bits per heavy atom. The van der Waals surface area contributed by atoms with Gasteiger partial charge in [0, 0.05) is 32.2 Å². The quantitative estimate of drug-likeness (QED) is 0.418. The van der Waals surface area contributed by atoms with E-state index in [-0.39, 0.29) is 17.1 Å². The van der Waals surface area contributed by atoms with Crippen LogP contribution in [0.4, 0.5) is 0 Å². The number of nitrogens with zero attached hydrogens (tertiary/aromatic N) is 1. The van der Waals surface area contributed by atoms with Crippen molar-refractivity contribution in [1.29, 1.82) is 5.41 Å². The molecule has 2 amide bonds. The van der Waals surface area contributed by atoms with E-state index in [1.54, 1.807) is 0 Å². The Morgan fingerprint density at radius 3 is 2.81 bits per heavy atom. The van der Waals surface area contributed by atoms with Gasteiger partial charge in [0.05, 0.1) is 11.1 Å². The number of nitrogens with one attached hydrogen (secondary N) is 2. The summed E-state index contributed by atoms with van der Waals surface area (Å²) in [5.74, 6) is 0.970. The van der Waals surface area contributed by atoms with Crippen molar-refractivity contribution < 1.29 is 9.59 Å². The fourth-order valence-electron chi connectivity index (χ4n) is 1.46. The smallest absolute Gasteiger partial charge is 0.242 e.